The fourth-order valence-corrected chi connectivity index (χ4v) is 3.16. The van der Waals surface area contributed by atoms with Crippen molar-refractivity contribution in [1.29, 1.82) is 0 Å². The highest BCUT2D eigenvalue weighted by Crippen LogP contribution is 2.39. The summed E-state index contributed by atoms with van der Waals surface area (Å²) in [5, 5.41) is 3.39. The van der Waals surface area contributed by atoms with Crippen LogP contribution in [0.1, 0.15) is 34.1 Å². The van der Waals surface area contributed by atoms with E-state index in [0.29, 0.717) is 11.8 Å². The SMILES string of the molecule is C=C[C@@]1(NC)[C@H](OC)[C@@H](CC(C)C)O[C@H]1C(C)C. The topological polar surface area (TPSA) is 30.5 Å². The Kier molecular flexibility index (Phi) is 5.38. The first-order chi connectivity index (χ1) is 8.42. The van der Waals surface area contributed by atoms with E-state index < -0.39 is 0 Å². The lowest BCUT2D eigenvalue weighted by atomic mass is 9.81. The Bertz CT molecular complexity index is 278. The second-order valence-electron chi connectivity index (χ2n) is 6.01. The largest absolute Gasteiger partial charge is 0.376 e. The molecule has 1 rings (SSSR count). The highest BCUT2D eigenvalue weighted by molar-refractivity contribution is 5.19. The lowest BCUT2D eigenvalue weighted by Crippen LogP contribution is -2.58. The monoisotopic (exact) mass is 255 g/mol. The van der Waals surface area contributed by atoms with E-state index in [1.54, 1.807) is 7.11 Å². The van der Waals surface area contributed by atoms with Crippen molar-refractivity contribution in [2.75, 3.05) is 14.2 Å². The summed E-state index contributed by atoms with van der Waals surface area (Å²) in [5.41, 5.74) is -0.289. The van der Waals surface area contributed by atoms with Crippen LogP contribution < -0.4 is 5.32 Å². The van der Waals surface area contributed by atoms with Crippen LogP contribution in [0.3, 0.4) is 0 Å². The summed E-state index contributed by atoms with van der Waals surface area (Å²) >= 11 is 0. The van der Waals surface area contributed by atoms with Crippen molar-refractivity contribution in [3.05, 3.63) is 12.7 Å². The first-order valence-corrected chi connectivity index (χ1v) is 6.93. The molecule has 0 bridgehead atoms. The van der Waals surface area contributed by atoms with Crippen molar-refractivity contribution in [2.45, 2.75) is 58.0 Å². The minimum Gasteiger partial charge on any atom is -0.376 e. The average Bonchev–Trinajstić information content (AvgIpc) is 2.62. The number of hydrogen-bond acceptors (Lipinski definition) is 3. The molecule has 1 aliphatic heterocycles. The average molecular weight is 255 g/mol. The summed E-state index contributed by atoms with van der Waals surface area (Å²) in [6, 6.07) is 0. The van der Waals surface area contributed by atoms with Gasteiger partial charge in [-0.3, -0.25) is 0 Å². The van der Waals surface area contributed by atoms with Crippen molar-refractivity contribution in [2.24, 2.45) is 11.8 Å². The summed E-state index contributed by atoms with van der Waals surface area (Å²) < 4.78 is 12.0. The van der Waals surface area contributed by atoms with Gasteiger partial charge in [0, 0.05) is 7.11 Å². The first kappa shape index (κ1) is 15.7. The van der Waals surface area contributed by atoms with Crippen LogP contribution in [0.5, 0.6) is 0 Å². The quantitative estimate of drug-likeness (QED) is 0.740. The van der Waals surface area contributed by atoms with Crippen LogP contribution in [0, 0.1) is 11.8 Å². The van der Waals surface area contributed by atoms with Gasteiger partial charge in [-0.25, -0.2) is 0 Å². The van der Waals surface area contributed by atoms with E-state index in [-0.39, 0.29) is 23.9 Å². The third-order valence-electron chi connectivity index (χ3n) is 3.93. The molecule has 4 atom stereocenters. The van der Waals surface area contributed by atoms with E-state index in [1.165, 1.54) is 0 Å². The lowest BCUT2D eigenvalue weighted by molar-refractivity contribution is -0.0264. The fourth-order valence-electron chi connectivity index (χ4n) is 3.16. The Morgan fingerprint density at radius 1 is 1.39 bits per heavy atom. The molecule has 0 spiro atoms. The predicted molar refractivity (Wildman–Crippen MR) is 75.7 cm³/mol. The third-order valence-corrected chi connectivity index (χ3v) is 3.93. The molecule has 0 amide bonds. The van der Waals surface area contributed by atoms with Crippen LogP contribution in [-0.4, -0.2) is 38.0 Å². The molecule has 0 unspecified atom stereocenters. The van der Waals surface area contributed by atoms with Crippen molar-refractivity contribution in [1.82, 2.24) is 5.32 Å². The minimum absolute atomic E-state index is 0.0230. The number of rotatable bonds is 6. The second-order valence-corrected chi connectivity index (χ2v) is 6.01. The van der Waals surface area contributed by atoms with Gasteiger partial charge in [-0.2, -0.15) is 0 Å². The van der Waals surface area contributed by atoms with Crippen LogP contribution in [0.25, 0.3) is 0 Å². The summed E-state index contributed by atoms with van der Waals surface area (Å²) in [5.74, 6) is 1.02. The van der Waals surface area contributed by atoms with Gasteiger partial charge in [0.05, 0.1) is 17.7 Å². The number of hydrogen-bond donors (Lipinski definition) is 1. The highest BCUT2D eigenvalue weighted by Gasteiger charge is 2.55. The Labute approximate surface area is 112 Å². The molecule has 1 saturated heterocycles. The van der Waals surface area contributed by atoms with Crippen LogP contribution in [-0.2, 0) is 9.47 Å². The van der Waals surface area contributed by atoms with Crippen molar-refractivity contribution >= 4 is 0 Å². The molecule has 1 N–H and O–H groups in total. The maximum Gasteiger partial charge on any atom is 0.107 e. The summed E-state index contributed by atoms with van der Waals surface area (Å²) in [7, 11) is 3.73. The number of likely N-dealkylation sites (N-methyl/N-ethyl adjacent to an activating group) is 1. The third kappa shape index (κ3) is 2.63. The zero-order valence-electron chi connectivity index (χ0n) is 12.7. The smallest absolute Gasteiger partial charge is 0.107 e. The molecule has 1 fully saturated rings. The molecule has 106 valence electrons. The lowest BCUT2D eigenvalue weighted by Gasteiger charge is -2.37. The van der Waals surface area contributed by atoms with Crippen LogP contribution in [0.15, 0.2) is 12.7 Å². The normalized spacial score (nSPS) is 36.6. The number of nitrogens with one attached hydrogen (secondary N) is 1. The molecule has 0 aromatic carbocycles. The molecule has 1 heterocycles. The molecule has 18 heavy (non-hydrogen) atoms. The van der Waals surface area contributed by atoms with Gasteiger partial charge in [0.2, 0.25) is 0 Å². The Balaban J connectivity index is 3.05. The van der Waals surface area contributed by atoms with Gasteiger partial charge in [0.15, 0.2) is 0 Å². The standard InChI is InChI=1S/C15H29NO2/c1-8-15(16-6)13(11(4)5)18-12(9-10(2)3)14(15)17-7/h8,10-14,16H,1,9H2,2-7H3/t12-,13+,14-,15+/m1/s1. The Hall–Kier alpha value is -0.380. The zero-order valence-corrected chi connectivity index (χ0v) is 12.7. The Morgan fingerprint density at radius 3 is 2.33 bits per heavy atom. The van der Waals surface area contributed by atoms with Crippen LogP contribution in [0.4, 0.5) is 0 Å². The highest BCUT2D eigenvalue weighted by atomic mass is 16.6. The van der Waals surface area contributed by atoms with Crippen LogP contribution >= 0.6 is 0 Å². The molecule has 0 saturated carbocycles. The maximum atomic E-state index is 6.28. The number of ether oxygens (including phenoxy) is 2. The van der Waals surface area contributed by atoms with Gasteiger partial charge in [-0.05, 0) is 25.3 Å². The fraction of sp³-hybridized carbons (Fsp3) is 0.867. The van der Waals surface area contributed by atoms with Gasteiger partial charge < -0.3 is 14.8 Å². The molecular formula is C15H29NO2. The van der Waals surface area contributed by atoms with E-state index in [9.17, 15) is 0 Å². The predicted octanol–water partition coefficient (Wildman–Crippen LogP) is 2.62. The second kappa shape index (κ2) is 6.18. The van der Waals surface area contributed by atoms with Gasteiger partial charge in [0.1, 0.15) is 6.10 Å². The van der Waals surface area contributed by atoms with Gasteiger partial charge in [-0.1, -0.05) is 33.8 Å². The van der Waals surface area contributed by atoms with Crippen molar-refractivity contribution in [3.63, 3.8) is 0 Å². The summed E-state index contributed by atoms with van der Waals surface area (Å²) in [4.78, 5) is 0. The summed E-state index contributed by atoms with van der Waals surface area (Å²) in [6.45, 7) is 12.8. The Morgan fingerprint density at radius 2 is 2.00 bits per heavy atom. The van der Waals surface area contributed by atoms with Gasteiger partial charge in [-0.15, -0.1) is 6.58 Å². The molecule has 0 aromatic heterocycles. The van der Waals surface area contributed by atoms with E-state index in [4.69, 9.17) is 9.47 Å². The molecule has 1 aliphatic rings. The van der Waals surface area contributed by atoms with Crippen molar-refractivity contribution in [3.8, 4) is 0 Å². The van der Waals surface area contributed by atoms with E-state index >= 15 is 0 Å². The van der Waals surface area contributed by atoms with Gasteiger partial charge in [0.25, 0.3) is 0 Å². The first-order valence-electron chi connectivity index (χ1n) is 6.93. The van der Waals surface area contributed by atoms with Crippen molar-refractivity contribution < 1.29 is 9.47 Å². The zero-order chi connectivity index (χ0) is 13.9. The maximum absolute atomic E-state index is 6.28. The van der Waals surface area contributed by atoms with Gasteiger partial charge >= 0.3 is 0 Å². The molecule has 0 radical (unpaired) electrons. The molecule has 3 heteroatoms. The molecule has 0 aromatic rings. The molecular weight excluding hydrogens is 226 g/mol. The van der Waals surface area contributed by atoms with Crippen LogP contribution in [0.2, 0.25) is 0 Å². The number of methoxy groups -OCH3 is 1. The van der Waals surface area contributed by atoms with E-state index in [1.807, 2.05) is 13.1 Å². The van der Waals surface area contributed by atoms with E-state index in [0.717, 1.165) is 6.42 Å². The summed E-state index contributed by atoms with van der Waals surface area (Å²) in [6.07, 6.45) is 3.24. The van der Waals surface area contributed by atoms with E-state index in [2.05, 4.69) is 39.6 Å². The molecule has 0 aliphatic carbocycles. The minimum atomic E-state index is -0.289. The molecule has 3 nitrogen and oxygen atoms in total.